The Morgan fingerprint density at radius 1 is 1.19 bits per heavy atom. The number of ether oxygens (including phenoxy) is 2. The molecular weight excluding hydrogens is 410 g/mol. The van der Waals surface area contributed by atoms with Crippen LogP contribution in [0.1, 0.15) is 29.9 Å². The van der Waals surface area contributed by atoms with Crippen molar-refractivity contribution < 1.29 is 14.3 Å². The summed E-state index contributed by atoms with van der Waals surface area (Å²) in [5.41, 5.74) is 3.03. The normalized spacial score (nSPS) is 17.0. The maximum Gasteiger partial charge on any atom is 0.276 e. The van der Waals surface area contributed by atoms with Crippen molar-refractivity contribution in [1.82, 2.24) is 14.8 Å². The Kier molecular flexibility index (Phi) is 4.97. The molecule has 1 saturated heterocycles. The number of fused-ring (bicyclic) bond motifs is 1. The first-order valence-corrected chi connectivity index (χ1v) is 10.6. The first-order valence-electron chi connectivity index (χ1n) is 10.6. The number of aromatic nitrogens is 3. The summed E-state index contributed by atoms with van der Waals surface area (Å²) in [6, 6.07) is 8.78. The third-order valence-corrected chi connectivity index (χ3v) is 5.63. The number of carbonyl (C=O) groups excluding carboxylic acids is 1. The van der Waals surface area contributed by atoms with Gasteiger partial charge in [0, 0.05) is 49.6 Å². The SMILES string of the molecule is CC1(C)Cc2cc(NC(=O)c3ccn(-c4cc[nH]c(=O)c4)n3)c(N3CCOCC3)cc2O1. The van der Waals surface area contributed by atoms with Crippen LogP contribution in [0.3, 0.4) is 0 Å². The molecule has 1 fully saturated rings. The zero-order chi connectivity index (χ0) is 22.3. The fourth-order valence-electron chi connectivity index (χ4n) is 4.16. The topological polar surface area (TPSA) is 101 Å². The first kappa shape index (κ1) is 20.3. The number of carbonyl (C=O) groups is 1. The Balaban J connectivity index is 1.44. The molecule has 0 radical (unpaired) electrons. The van der Waals surface area contributed by atoms with E-state index in [1.54, 1.807) is 24.5 Å². The summed E-state index contributed by atoms with van der Waals surface area (Å²) in [7, 11) is 0. The molecule has 5 rings (SSSR count). The van der Waals surface area contributed by atoms with Crippen LogP contribution in [-0.4, -0.2) is 52.6 Å². The van der Waals surface area contributed by atoms with Gasteiger partial charge in [-0.2, -0.15) is 5.10 Å². The second-order valence-corrected chi connectivity index (χ2v) is 8.63. The largest absolute Gasteiger partial charge is 0.487 e. The van der Waals surface area contributed by atoms with E-state index >= 15 is 0 Å². The molecule has 3 aromatic rings. The fourth-order valence-corrected chi connectivity index (χ4v) is 4.16. The maximum atomic E-state index is 13.1. The minimum Gasteiger partial charge on any atom is -0.487 e. The monoisotopic (exact) mass is 435 g/mol. The lowest BCUT2D eigenvalue weighted by Gasteiger charge is -2.31. The zero-order valence-corrected chi connectivity index (χ0v) is 18.1. The molecule has 2 aromatic heterocycles. The standard InChI is InChI=1S/C23H25N5O4/c1-23(2)14-15-11-18(19(13-20(15)32-23)27-7-9-31-10-8-27)25-22(30)17-4-6-28(26-17)16-3-5-24-21(29)12-16/h3-6,11-13H,7-10,14H2,1-2H3,(H,24,29)(H,25,30). The highest BCUT2D eigenvalue weighted by Gasteiger charge is 2.32. The molecule has 1 aromatic carbocycles. The lowest BCUT2D eigenvalue weighted by molar-refractivity contribution is 0.102. The Labute approximate surface area is 185 Å². The van der Waals surface area contributed by atoms with Crippen LogP contribution in [0.5, 0.6) is 5.75 Å². The second-order valence-electron chi connectivity index (χ2n) is 8.63. The van der Waals surface area contributed by atoms with Crippen LogP contribution in [0.25, 0.3) is 5.69 Å². The summed E-state index contributed by atoms with van der Waals surface area (Å²) in [5, 5.41) is 7.39. The minimum absolute atomic E-state index is 0.234. The van der Waals surface area contributed by atoms with Gasteiger partial charge in [-0.05, 0) is 32.0 Å². The molecule has 9 nitrogen and oxygen atoms in total. The predicted octanol–water partition coefficient (Wildman–Crippen LogP) is 2.36. The van der Waals surface area contributed by atoms with Crippen LogP contribution in [0, 0.1) is 0 Å². The van der Waals surface area contributed by atoms with Crippen LogP contribution < -0.4 is 20.5 Å². The number of hydrogen-bond acceptors (Lipinski definition) is 6. The molecule has 0 atom stereocenters. The van der Waals surface area contributed by atoms with Gasteiger partial charge in [0.2, 0.25) is 5.56 Å². The van der Waals surface area contributed by atoms with E-state index in [0.717, 1.165) is 42.2 Å². The lowest BCUT2D eigenvalue weighted by atomic mass is 10.0. The molecule has 0 aliphatic carbocycles. The Morgan fingerprint density at radius 2 is 2.00 bits per heavy atom. The van der Waals surface area contributed by atoms with E-state index < -0.39 is 0 Å². The Morgan fingerprint density at radius 3 is 2.78 bits per heavy atom. The van der Waals surface area contributed by atoms with Crippen LogP contribution in [0.2, 0.25) is 0 Å². The van der Waals surface area contributed by atoms with Crippen molar-refractivity contribution in [3.63, 3.8) is 0 Å². The molecule has 0 unspecified atom stereocenters. The average molecular weight is 435 g/mol. The summed E-state index contributed by atoms with van der Waals surface area (Å²) in [6.07, 6.45) is 3.97. The number of aromatic amines is 1. The van der Waals surface area contributed by atoms with E-state index in [-0.39, 0.29) is 22.8 Å². The molecule has 2 aliphatic heterocycles. The summed E-state index contributed by atoms with van der Waals surface area (Å²) in [5.74, 6) is 0.536. The summed E-state index contributed by atoms with van der Waals surface area (Å²) < 4.78 is 13.1. The first-order chi connectivity index (χ1) is 15.4. The van der Waals surface area contributed by atoms with Crippen LogP contribution in [0.4, 0.5) is 11.4 Å². The number of pyridine rings is 1. The quantitative estimate of drug-likeness (QED) is 0.653. The number of benzene rings is 1. The lowest BCUT2D eigenvalue weighted by Crippen LogP contribution is -2.36. The third-order valence-electron chi connectivity index (χ3n) is 5.63. The van der Waals surface area contributed by atoms with Gasteiger partial charge in [0.05, 0.1) is 30.3 Å². The number of H-pyrrole nitrogens is 1. The van der Waals surface area contributed by atoms with Crippen molar-refractivity contribution in [1.29, 1.82) is 0 Å². The summed E-state index contributed by atoms with van der Waals surface area (Å²) in [6.45, 7) is 6.86. The van der Waals surface area contributed by atoms with Crippen LogP contribution >= 0.6 is 0 Å². The van der Waals surface area contributed by atoms with Crippen molar-refractivity contribution in [3.8, 4) is 11.4 Å². The molecule has 32 heavy (non-hydrogen) atoms. The van der Waals surface area contributed by atoms with Crippen LogP contribution in [-0.2, 0) is 11.2 Å². The van der Waals surface area contributed by atoms with Gasteiger partial charge >= 0.3 is 0 Å². The van der Waals surface area contributed by atoms with Crippen molar-refractivity contribution in [3.05, 3.63) is 64.3 Å². The van der Waals surface area contributed by atoms with Gasteiger partial charge in [0.15, 0.2) is 5.69 Å². The number of hydrogen-bond donors (Lipinski definition) is 2. The van der Waals surface area contributed by atoms with Gasteiger partial charge in [0.1, 0.15) is 11.4 Å². The second kappa shape index (κ2) is 7.83. The van der Waals surface area contributed by atoms with Gasteiger partial charge in [-0.15, -0.1) is 0 Å². The third kappa shape index (κ3) is 3.99. The number of nitrogens with zero attached hydrogens (tertiary/aromatic N) is 3. The highest BCUT2D eigenvalue weighted by molar-refractivity contribution is 6.05. The fraction of sp³-hybridized carbons (Fsp3) is 0.348. The zero-order valence-electron chi connectivity index (χ0n) is 18.1. The molecule has 0 saturated carbocycles. The highest BCUT2D eigenvalue weighted by Crippen LogP contribution is 2.41. The van der Waals surface area contributed by atoms with Crippen LogP contribution in [0.15, 0.2) is 47.5 Å². The Bertz CT molecular complexity index is 1220. The van der Waals surface area contributed by atoms with Gasteiger partial charge in [-0.25, -0.2) is 4.68 Å². The molecular formula is C23H25N5O4. The number of amides is 1. The number of nitrogens with one attached hydrogen (secondary N) is 2. The number of rotatable bonds is 4. The average Bonchev–Trinajstić information content (AvgIpc) is 3.37. The van der Waals surface area contributed by atoms with E-state index in [4.69, 9.17) is 9.47 Å². The molecule has 166 valence electrons. The smallest absolute Gasteiger partial charge is 0.276 e. The van der Waals surface area contributed by atoms with E-state index in [1.165, 1.54) is 10.7 Å². The van der Waals surface area contributed by atoms with Gasteiger partial charge in [-0.1, -0.05) is 0 Å². The van der Waals surface area contributed by atoms with Gasteiger partial charge in [0.25, 0.3) is 5.91 Å². The predicted molar refractivity (Wildman–Crippen MR) is 120 cm³/mol. The Hall–Kier alpha value is -3.59. The number of anilines is 2. The van der Waals surface area contributed by atoms with Crippen molar-refractivity contribution in [2.75, 3.05) is 36.5 Å². The van der Waals surface area contributed by atoms with Crippen molar-refractivity contribution in [2.45, 2.75) is 25.9 Å². The maximum absolute atomic E-state index is 13.1. The number of morpholine rings is 1. The molecule has 0 bridgehead atoms. The van der Waals surface area contributed by atoms with Crippen molar-refractivity contribution >= 4 is 17.3 Å². The van der Waals surface area contributed by atoms with E-state index in [0.29, 0.717) is 18.9 Å². The molecule has 0 spiro atoms. The minimum atomic E-state index is -0.318. The highest BCUT2D eigenvalue weighted by atomic mass is 16.5. The van der Waals surface area contributed by atoms with E-state index in [1.807, 2.05) is 12.1 Å². The molecule has 2 aliphatic rings. The van der Waals surface area contributed by atoms with E-state index in [9.17, 15) is 9.59 Å². The molecule has 2 N–H and O–H groups in total. The van der Waals surface area contributed by atoms with E-state index in [2.05, 4.69) is 34.1 Å². The summed E-state index contributed by atoms with van der Waals surface area (Å²) >= 11 is 0. The summed E-state index contributed by atoms with van der Waals surface area (Å²) in [4.78, 5) is 29.4. The molecule has 1 amide bonds. The molecule has 9 heteroatoms. The van der Waals surface area contributed by atoms with Gasteiger partial charge in [-0.3, -0.25) is 9.59 Å². The molecule has 4 heterocycles. The van der Waals surface area contributed by atoms with Gasteiger partial charge < -0.3 is 24.7 Å². The van der Waals surface area contributed by atoms with Crippen molar-refractivity contribution in [2.24, 2.45) is 0 Å².